The molecule has 1 saturated heterocycles. The SMILES string of the molecule is CCn1c(CNC(=O)c2nc3cc[nH]c3nc2N)[n+](CC)c2ccc(C3CCNCC3)cc21. The Hall–Kier alpha value is -3.46. The van der Waals surface area contributed by atoms with E-state index >= 15 is 0 Å². The van der Waals surface area contributed by atoms with E-state index in [9.17, 15) is 4.79 Å². The summed E-state index contributed by atoms with van der Waals surface area (Å²) in [6.45, 7) is 8.44. The van der Waals surface area contributed by atoms with Gasteiger partial charge in [-0.25, -0.2) is 19.1 Å². The summed E-state index contributed by atoms with van der Waals surface area (Å²) in [5.74, 6) is 1.45. The molecule has 1 fully saturated rings. The molecule has 1 aliphatic rings. The number of nitrogens with two attached hydrogens (primary N) is 1. The molecule has 1 aliphatic heterocycles. The summed E-state index contributed by atoms with van der Waals surface area (Å²) < 4.78 is 4.57. The Morgan fingerprint density at radius 3 is 2.82 bits per heavy atom. The lowest BCUT2D eigenvalue weighted by atomic mass is 9.90. The molecular weight excluding hydrogens is 416 g/mol. The third-order valence-corrected chi connectivity index (χ3v) is 6.68. The lowest BCUT2D eigenvalue weighted by Crippen LogP contribution is -2.40. The van der Waals surface area contributed by atoms with Gasteiger partial charge in [-0.2, -0.15) is 0 Å². The zero-order valence-electron chi connectivity index (χ0n) is 19.2. The van der Waals surface area contributed by atoms with Crippen molar-refractivity contribution in [2.75, 3.05) is 18.8 Å². The second kappa shape index (κ2) is 8.82. The van der Waals surface area contributed by atoms with Gasteiger partial charge in [0.2, 0.25) is 0 Å². The molecular formula is C24H31N8O+. The van der Waals surface area contributed by atoms with E-state index in [2.05, 4.69) is 66.8 Å². The zero-order chi connectivity index (χ0) is 22.9. The zero-order valence-corrected chi connectivity index (χ0v) is 19.2. The third-order valence-electron chi connectivity index (χ3n) is 6.68. The number of aryl methyl sites for hydroxylation is 2. The minimum absolute atomic E-state index is 0.119. The number of anilines is 1. The Labute approximate surface area is 192 Å². The summed E-state index contributed by atoms with van der Waals surface area (Å²) in [5.41, 5.74) is 11.2. The maximum absolute atomic E-state index is 13.0. The van der Waals surface area contributed by atoms with E-state index in [1.807, 2.05) is 0 Å². The number of nitrogens with zero attached hydrogens (tertiary/aromatic N) is 4. The fraction of sp³-hybridized carbons (Fsp3) is 0.417. The molecule has 0 atom stereocenters. The predicted octanol–water partition coefficient (Wildman–Crippen LogP) is 2.22. The molecule has 0 radical (unpaired) electrons. The number of amides is 1. The van der Waals surface area contributed by atoms with Gasteiger partial charge >= 0.3 is 0 Å². The van der Waals surface area contributed by atoms with Crippen LogP contribution in [0.1, 0.15) is 54.5 Å². The minimum Gasteiger partial charge on any atom is -0.382 e. The van der Waals surface area contributed by atoms with Crippen molar-refractivity contribution in [3.05, 3.63) is 47.5 Å². The molecule has 1 aromatic carbocycles. The van der Waals surface area contributed by atoms with E-state index in [-0.39, 0.29) is 17.4 Å². The Balaban J connectivity index is 1.46. The van der Waals surface area contributed by atoms with E-state index in [1.54, 1.807) is 12.3 Å². The highest BCUT2D eigenvalue weighted by atomic mass is 16.1. The van der Waals surface area contributed by atoms with Gasteiger partial charge in [0.15, 0.2) is 28.2 Å². The van der Waals surface area contributed by atoms with Crippen LogP contribution in [0.4, 0.5) is 5.82 Å². The number of aromatic amines is 1. The highest BCUT2D eigenvalue weighted by Gasteiger charge is 2.26. The van der Waals surface area contributed by atoms with Crippen LogP contribution in [0.15, 0.2) is 30.5 Å². The lowest BCUT2D eigenvalue weighted by Gasteiger charge is -2.22. The molecule has 0 saturated carbocycles. The van der Waals surface area contributed by atoms with Gasteiger partial charge in [0.25, 0.3) is 11.7 Å². The summed E-state index contributed by atoms with van der Waals surface area (Å²) in [5, 5.41) is 6.47. The number of imidazole rings is 1. The van der Waals surface area contributed by atoms with Crippen molar-refractivity contribution in [1.29, 1.82) is 0 Å². The standard InChI is InChI=1S/C24H30N8O/c1-3-31-18-6-5-16(15-7-10-26-11-8-15)13-19(18)32(4-2)20(31)14-28-24(33)21-22(25)30-23-17(29-21)9-12-27-23/h5-6,9,12-13,15,26H,3-4,7-8,10-11,14H2,1-2H3,(H3-,25,27,28,29,30,33)/p+1. The van der Waals surface area contributed by atoms with E-state index in [0.717, 1.165) is 32.0 Å². The first-order chi connectivity index (χ1) is 16.1. The molecule has 33 heavy (non-hydrogen) atoms. The van der Waals surface area contributed by atoms with Crippen LogP contribution in [0.5, 0.6) is 0 Å². The van der Waals surface area contributed by atoms with Crippen molar-refractivity contribution in [1.82, 2.24) is 30.2 Å². The number of aromatic nitrogens is 5. The number of piperidine rings is 1. The largest absolute Gasteiger partial charge is 0.382 e. The molecule has 1 amide bonds. The van der Waals surface area contributed by atoms with Gasteiger partial charge in [-0.1, -0.05) is 6.07 Å². The van der Waals surface area contributed by atoms with Crippen molar-refractivity contribution >= 4 is 33.9 Å². The number of nitrogens with one attached hydrogen (secondary N) is 3. The number of carbonyl (C=O) groups is 1. The fourth-order valence-electron chi connectivity index (χ4n) is 5.01. The van der Waals surface area contributed by atoms with Gasteiger partial charge in [0.05, 0.1) is 13.1 Å². The van der Waals surface area contributed by atoms with Gasteiger partial charge in [0, 0.05) is 6.20 Å². The van der Waals surface area contributed by atoms with Gasteiger partial charge < -0.3 is 21.4 Å². The Morgan fingerprint density at radius 1 is 1.24 bits per heavy atom. The number of fused-ring (bicyclic) bond motifs is 2. The molecule has 0 spiro atoms. The van der Waals surface area contributed by atoms with E-state index in [1.165, 1.54) is 29.4 Å². The molecule has 5 N–H and O–H groups in total. The van der Waals surface area contributed by atoms with Crippen LogP contribution >= 0.6 is 0 Å². The number of nitrogen functional groups attached to an aromatic ring is 1. The smallest absolute Gasteiger partial charge is 0.277 e. The first-order valence-corrected chi connectivity index (χ1v) is 11.7. The van der Waals surface area contributed by atoms with Crippen LogP contribution in [0.3, 0.4) is 0 Å². The minimum atomic E-state index is -0.325. The topological polar surface area (TPSA) is 118 Å². The Morgan fingerprint density at radius 2 is 2.06 bits per heavy atom. The molecule has 0 unspecified atom stereocenters. The molecule has 5 rings (SSSR count). The maximum atomic E-state index is 13.0. The van der Waals surface area contributed by atoms with Crippen LogP contribution in [-0.2, 0) is 19.6 Å². The molecule has 9 heteroatoms. The molecule has 0 aliphatic carbocycles. The number of carbonyl (C=O) groups excluding carboxylic acids is 1. The summed E-state index contributed by atoms with van der Waals surface area (Å²) in [7, 11) is 0. The summed E-state index contributed by atoms with van der Waals surface area (Å²) in [6.07, 6.45) is 4.07. The molecule has 4 aromatic rings. The number of hydrogen-bond acceptors (Lipinski definition) is 5. The van der Waals surface area contributed by atoms with Crippen LogP contribution in [0, 0.1) is 0 Å². The number of rotatable bonds is 6. The molecule has 4 heterocycles. The number of H-pyrrole nitrogens is 1. The maximum Gasteiger partial charge on any atom is 0.277 e. The Bertz CT molecular complexity index is 1320. The number of benzene rings is 1. The van der Waals surface area contributed by atoms with E-state index < -0.39 is 0 Å². The van der Waals surface area contributed by atoms with Crippen LogP contribution in [0.2, 0.25) is 0 Å². The van der Waals surface area contributed by atoms with Crippen molar-refractivity contribution in [2.24, 2.45) is 0 Å². The second-order valence-corrected chi connectivity index (χ2v) is 8.53. The van der Waals surface area contributed by atoms with Gasteiger partial charge in [0.1, 0.15) is 12.1 Å². The lowest BCUT2D eigenvalue weighted by molar-refractivity contribution is -0.676. The molecule has 172 valence electrons. The normalized spacial score (nSPS) is 14.8. The van der Waals surface area contributed by atoms with Gasteiger partial charge in [-0.15, -0.1) is 0 Å². The highest BCUT2D eigenvalue weighted by molar-refractivity contribution is 5.98. The first-order valence-electron chi connectivity index (χ1n) is 11.7. The Kier molecular flexibility index (Phi) is 5.72. The predicted molar refractivity (Wildman–Crippen MR) is 128 cm³/mol. The quantitative estimate of drug-likeness (QED) is 0.338. The molecule has 0 bridgehead atoms. The van der Waals surface area contributed by atoms with Crippen molar-refractivity contribution in [3.63, 3.8) is 0 Å². The number of hydrogen-bond donors (Lipinski definition) is 4. The van der Waals surface area contributed by atoms with Crippen molar-refractivity contribution in [2.45, 2.75) is 52.2 Å². The van der Waals surface area contributed by atoms with Crippen LogP contribution in [-0.4, -0.2) is 38.5 Å². The summed E-state index contributed by atoms with van der Waals surface area (Å²) in [4.78, 5) is 24.6. The van der Waals surface area contributed by atoms with Crippen molar-refractivity contribution in [3.8, 4) is 0 Å². The monoisotopic (exact) mass is 447 g/mol. The fourth-order valence-corrected chi connectivity index (χ4v) is 5.01. The average Bonchev–Trinajstić information content (AvgIpc) is 3.42. The van der Waals surface area contributed by atoms with Crippen molar-refractivity contribution < 1.29 is 9.36 Å². The van der Waals surface area contributed by atoms with E-state index in [4.69, 9.17) is 5.73 Å². The van der Waals surface area contributed by atoms with Crippen LogP contribution < -0.4 is 20.9 Å². The van der Waals surface area contributed by atoms with Crippen LogP contribution in [0.25, 0.3) is 22.2 Å². The molecule has 3 aromatic heterocycles. The average molecular weight is 448 g/mol. The summed E-state index contributed by atoms with van der Waals surface area (Å²) >= 11 is 0. The highest BCUT2D eigenvalue weighted by Crippen LogP contribution is 2.28. The third kappa shape index (κ3) is 3.82. The van der Waals surface area contributed by atoms with Gasteiger partial charge in [-0.3, -0.25) is 4.79 Å². The second-order valence-electron chi connectivity index (χ2n) is 8.53. The van der Waals surface area contributed by atoms with E-state index in [0.29, 0.717) is 23.6 Å². The molecule has 9 nitrogen and oxygen atoms in total. The van der Waals surface area contributed by atoms with Gasteiger partial charge in [-0.05, 0) is 69.5 Å². The first kappa shape index (κ1) is 21.4. The summed E-state index contributed by atoms with van der Waals surface area (Å²) in [6, 6.07) is 8.63.